The Morgan fingerprint density at radius 3 is 2.43 bits per heavy atom. The zero-order valence-corrected chi connectivity index (χ0v) is 30.9. The number of aromatic amines is 1. The first-order valence-electron chi connectivity index (χ1n) is 18.4. The largest absolute Gasteiger partial charge is 0.484 e. The summed E-state index contributed by atoms with van der Waals surface area (Å²) in [6.45, 7) is 3.95. The number of carbonyl (C=O) groups excluding carboxylic acids is 5. The number of aromatic nitrogens is 1. The Bertz CT molecular complexity index is 1960. The third-order valence-electron chi connectivity index (χ3n) is 9.90. The van der Waals surface area contributed by atoms with Crippen LogP contribution in [-0.4, -0.2) is 109 Å². The van der Waals surface area contributed by atoms with Crippen LogP contribution in [0, 0.1) is 5.92 Å². The number of hydrogen-bond acceptors (Lipinski definition) is 7. The number of rotatable bonds is 8. The van der Waals surface area contributed by atoms with Gasteiger partial charge in [0.05, 0.1) is 24.8 Å². The van der Waals surface area contributed by atoms with Gasteiger partial charge in [-0.05, 0) is 41.7 Å². The molecule has 13 heteroatoms. The van der Waals surface area contributed by atoms with Crippen LogP contribution in [-0.2, 0) is 30.3 Å². The number of carbonyl (C=O) groups is 5. The average Bonchev–Trinajstić information content (AvgIpc) is 3.79. The molecule has 2 bridgehead atoms. The lowest BCUT2D eigenvalue weighted by Crippen LogP contribution is -2.56. The maximum absolute atomic E-state index is 14.3. The molecule has 0 spiro atoms. The predicted octanol–water partition coefficient (Wildman–Crippen LogP) is 3.02. The second-order valence-corrected chi connectivity index (χ2v) is 14.4. The Kier molecular flexibility index (Phi) is 12.3. The number of likely N-dealkylation sites (tertiary alicyclic amines) is 1. The normalized spacial score (nSPS) is 21.5. The Morgan fingerprint density at radius 1 is 0.889 bits per heavy atom. The van der Waals surface area contributed by atoms with E-state index in [2.05, 4.69) is 20.9 Å². The van der Waals surface area contributed by atoms with Crippen LogP contribution in [0.4, 0.5) is 0 Å². The molecule has 0 unspecified atom stereocenters. The minimum absolute atomic E-state index is 0.0496. The minimum atomic E-state index is -1.00. The molecule has 13 nitrogen and oxygen atoms in total. The van der Waals surface area contributed by atoms with Gasteiger partial charge >= 0.3 is 0 Å². The van der Waals surface area contributed by atoms with Gasteiger partial charge in [-0.25, -0.2) is 0 Å². The number of nitrogens with one attached hydrogen (secondary N) is 4. The molecule has 0 aliphatic carbocycles. The van der Waals surface area contributed by atoms with Gasteiger partial charge in [-0.3, -0.25) is 24.0 Å². The number of H-pyrrole nitrogens is 1. The summed E-state index contributed by atoms with van der Waals surface area (Å²) in [5.74, 6) is -1.93. The molecule has 4 atom stereocenters. The van der Waals surface area contributed by atoms with Crippen molar-refractivity contribution in [2.75, 3.05) is 46.5 Å². The highest BCUT2D eigenvalue weighted by atomic mass is 16.5. The van der Waals surface area contributed by atoms with Crippen molar-refractivity contribution in [2.24, 2.45) is 5.92 Å². The first-order chi connectivity index (χ1) is 26.1. The molecular weight excluding hydrogens is 688 g/mol. The molecule has 1 fully saturated rings. The Morgan fingerprint density at radius 2 is 1.65 bits per heavy atom. The van der Waals surface area contributed by atoms with E-state index >= 15 is 0 Å². The summed E-state index contributed by atoms with van der Waals surface area (Å²) in [7, 11) is 1.50. The maximum Gasteiger partial charge on any atom is 0.258 e. The molecule has 6 rings (SSSR count). The zero-order valence-electron chi connectivity index (χ0n) is 30.9. The topological polar surface area (TPSA) is 162 Å². The fourth-order valence-electron chi connectivity index (χ4n) is 7.23. The summed E-state index contributed by atoms with van der Waals surface area (Å²) in [5, 5.41) is 9.70. The minimum Gasteiger partial charge on any atom is -0.484 e. The number of hydrogen-bond donors (Lipinski definition) is 4. The first kappa shape index (κ1) is 38.0. The van der Waals surface area contributed by atoms with Crippen molar-refractivity contribution >= 4 is 40.4 Å². The van der Waals surface area contributed by atoms with Crippen molar-refractivity contribution in [1.29, 1.82) is 0 Å². The van der Waals surface area contributed by atoms with E-state index in [-0.39, 0.29) is 57.0 Å². The van der Waals surface area contributed by atoms with Gasteiger partial charge < -0.3 is 40.2 Å². The van der Waals surface area contributed by atoms with Crippen molar-refractivity contribution in [3.05, 3.63) is 102 Å². The summed E-state index contributed by atoms with van der Waals surface area (Å²) in [6.07, 6.45) is 2.23. The van der Waals surface area contributed by atoms with Crippen molar-refractivity contribution < 1.29 is 33.4 Å². The molecule has 284 valence electrons. The summed E-state index contributed by atoms with van der Waals surface area (Å²) >= 11 is 0. The molecule has 0 saturated carbocycles. The summed E-state index contributed by atoms with van der Waals surface area (Å²) in [5.41, 5.74) is 3.01. The molecule has 1 saturated heterocycles. The van der Waals surface area contributed by atoms with Crippen LogP contribution in [0.1, 0.15) is 47.7 Å². The molecule has 0 radical (unpaired) electrons. The number of amides is 5. The smallest absolute Gasteiger partial charge is 0.258 e. The Hall–Kier alpha value is -5.69. The number of fused-ring (bicyclic) bond motifs is 5. The second-order valence-electron chi connectivity index (χ2n) is 14.4. The number of ether oxygens (including phenoxy) is 2. The van der Waals surface area contributed by atoms with Gasteiger partial charge in [0.1, 0.15) is 17.8 Å². The second kappa shape index (κ2) is 17.4. The van der Waals surface area contributed by atoms with E-state index in [1.807, 2.05) is 80.6 Å². The fourth-order valence-corrected chi connectivity index (χ4v) is 7.23. The lowest BCUT2D eigenvalue weighted by molar-refractivity contribution is -0.141. The number of nitrogens with zero attached hydrogens (tertiary/aromatic N) is 2. The van der Waals surface area contributed by atoms with E-state index in [4.69, 9.17) is 9.47 Å². The third kappa shape index (κ3) is 9.26. The molecule has 3 heterocycles. The lowest BCUT2D eigenvalue weighted by Gasteiger charge is -2.29. The van der Waals surface area contributed by atoms with Crippen LogP contribution in [0.25, 0.3) is 10.9 Å². The van der Waals surface area contributed by atoms with Gasteiger partial charge in [-0.2, -0.15) is 0 Å². The van der Waals surface area contributed by atoms with Crippen LogP contribution in [0.5, 0.6) is 5.75 Å². The lowest BCUT2D eigenvalue weighted by atomic mass is 9.93. The van der Waals surface area contributed by atoms with E-state index in [1.165, 1.54) is 12.0 Å². The van der Waals surface area contributed by atoms with Gasteiger partial charge in [0.2, 0.25) is 17.7 Å². The SMILES string of the molecule is COCCN1CC(=O)N[C@@H](Cc2ccccc2)C(=O)N[C@@H]2CN(C(=O)c3c[nH]c4ccccc34)C[C@H]2c2cccc(c2)OCC(=O)N[C@H](CC(C)C)C1=O. The monoisotopic (exact) mass is 736 g/mol. The van der Waals surface area contributed by atoms with Crippen molar-refractivity contribution in [1.82, 2.24) is 30.7 Å². The van der Waals surface area contributed by atoms with Crippen molar-refractivity contribution in [3.8, 4) is 5.75 Å². The van der Waals surface area contributed by atoms with Gasteiger partial charge in [0, 0.05) is 56.2 Å². The molecule has 54 heavy (non-hydrogen) atoms. The van der Waals surface area contributed by atoms with E-state index in [0.717, 1.165) is 22.0 Å². The van der Waals surface area contributed by atoms with Gasteiger partial charge in [-0.1, -0.05) is 74.5 Å². The molecule has 2 aliphatic rings. The maximum atomic E-state index is 14.3. The standard InChI is InChI=1S/C41H48N6O7/c1-26(2)18-35-41(52)46(16-17-53-3)24-37(48)43-34(19-27-10-5-4-6-11-27)39(50)45-36-23-47(40(51)31-21-42-33-15-8-7-14-30(31)33)22-32(36)28-12-9-13-29(20-28)54-25-38(49)44-35/h4-15,20-21,26,32,34-36,42H,16-19,22-25H2,1-3H3,(H,43,48)(H,44,49)(H,45,50)/t32-,34-,35+,36+/m0/s1. The summed E-state index contributed by atoms with van der Waals surface area (Å²) in [6, 6.07) is 21.8. The Balaban J connectivity index is 1.35. The first-order valence-corrected chi connectivity index (χ1v) is 18.4. The molecular formula is C41H48N6O7. The molecule has 5 amide bonds. The van der Waals surface area contributed by atoms with Crippen LogP contribution in [0.3, 0.4) is 0 Å². The highest BCUT2D eigenvalue weighted by molar-refractivity contribution is 6.07. The Labute approximate surface area is 314 Å². The van der Waals surface area contributed by atoms with Gasteiger partial charge in [0.25, 0.3) is 11.8 Å². The van der Waals surface area contributed by atoms with Crippen LogP contribution in [0.2, 0.25) is 0 Å². The van der Waals surface area contributed by atoms with Gasteiger partial charge in [0.15, 0.2) is 6.61 Å². The quantitative estimate of drug-likeness (QED) is 0.216. The molecule has 4 aromatic rings. The number of para-hydroxylation sites is 1. The average molecular weight is 737 g/mol. The molecule has 2 aliphatic heterocycles. The molecule has 4 N–H and O–H groups in total. The van der Waals surface area contributed by atoms with Crippen molar-refractivity contribution in [2.45, 2.75) is 50.7 Å². The summed E-state index contributed by atoms with van der Waals surface area (Å²) in [4.78, 5) is 75.6. The summed E-state index contributed by atoms with van der Waals surface area (Å²) < 4.78 is 11.2. The number of benzene rings is 3. The third-order valence-corrected chi connectivity index (χ3v) is 9.90. The highest BCUT2D eigenvalue weighted by Crippen LogP contribution is 2.32. The highest BCUT2D eigenvalue weighted by Gasteiger charge is 2.39. The van der Waals surface area contributed by atoms with Crippen LogP contribution in [0.15, 0.2) is 85.1 Å². The zero-order chi connectivity index (χ0) is 38.2. The van der Waals surface area contributed by atoms with E-state index < -0.39 is 41.8 Å². The molecule has 3 aromatic carbocycles. The molecule has 1 aromatic heterocycles. The predicted molar refractivity (Wildman–Crippen MR) is 203 cm³/mol. The number of methoxy groups -OCH3 is 1. The fraction of sp³-hybridized carbons (Fsp3) is 0.390. The van der Waals surface area contributed by atoms with Crippen LogP contribution < -0.4 is 20.7 Å². The van der Waals surface area contributed by atoms with E-state index in [0.29, 0.717) is 24.3 Å². The van der Waals surface area contributed by atoms with Gasteiger partial charge in [-0.15, -0.1) is 0 Å². The van der Waals surface area contributed by atoms with Crippen LogP contribution >= 0.6 is 0 Å². The van der Waals surface area contributed by atoms with Crippen molar-refractivity contribution in [3.63, 3.8) is 0 Å². The van der Waals surface area contributed by atoms with E-state index in [9.17, 15) is 24.0 Å². The van der Waals surface area contributed by atoms with E-state index in [1.54, 1.807) is 23.2 Å².